The van der Waals surface area contributed by atoms with Gasteiger partial charge in [0.2, 0.25) is 0 Å². The Labute approximate surface area is 134 Å². The molecule has 0 spiro atoms. The van der Waals surface area contributed by atoms with Crippen molar-refractivity contribution in [3.05, 3.63) is 23.8 Å². The topological polar surface area (TPSA) is 35.5 Å². The Morgan fingerprint density at radius 2 is 1.91 bits per heavy atom. The summed E-state index contributed by atoms with van der Waals surface area (Å²) in [6.45, 7) is 14.4. The maximum absolute atomic E-state index is 12.2. The third kappa shape index (κ3) is 3.29. The van der Waals surface area contributed by atoms with Crippen molar-refractivity contribution >= 4 is 5.97 Å². The summed E-state index contributed by atoms with van der Waals surface area (Å²) >= 11 is 0. The number of carbonyl (C=O) groups is 1. The number of ether oxygens (including phenoxy) is 2. The molecular weight excluding hydrogens is 276 g/mol. The van der Waals surface area contributed by atoms with Crippen LogP contribution in [0.15, 0.2) is 18.2 Å². The number of benzene rings is 1. The molecule has 0 saturated heterocycles. The minimum Gasteiger partial charge on any atom is -0.488 e. The Balaban J connectivity index is 2.31. The van der Waals surface area contributed by atoms with Gasteiger partial charge in [-0.15, -0.1) is 0 Å². The molecule has 3 heteroatoms. The number of esters is 1. The van der Waals surface area contributed by atoms with Crippen LogP contribution in [-0.4, -0.2) is 11.6 Å². The van der Waals surface area contributed by atoms with E-state index in [4.69, 9.17) is 9.47 Å². The van der Waals surface area contributed by atoms with Crippen LogP contribution in [0.3, 0.4) is 0 Å². The lowest BCUT2D eigenvalue weighted by Crippen LogP contribution is -2.41. The van der Waals surface area contributed by atoms with E-state index in [1.54, 1.807) is 0 Å². The van der Waals surface area contributed by atoms with Crippen LogP contribution >= 0.6 is 0 Å². The summed E-state index contributed by atoms with van der Waals surface area (Å²) < 4.78 is 11.6. The number of hydrogen-bond acceptors (Lipinski definition) is 3. The minimum absolute atomic E-state index is 0.0141. The molecule has 2 rings (SSSR count). The molecule has 1 aromatic rings. The van der Waals surface area contributed by atoms with Gasteiger partial charge in [0.25, 0.3) is 0 Å². The van der Waals surface area contributed by atoms with Gasteiger partial charge in [-0.1, -0.05) is 20.8 Å². The van der Waals surface area contributed by atoms with Gasteiger partial charge in [-0.05, 0) is 64.2 Å². The molecule has 0 atom stereocenters. The monoisotopic (exact) mass is 304 g/mol. The van der Waals surface area contributed by atoms with Crippen LogP contribution in [0.2, 0.25) is 0 Å². The van der Waals surface area contributed by atoms with Gasteiger partial charge in [0, 0.05) is 5.56 Å². The van der Waals surface area contributed by atoms with E-state index in [2.05, 4.69) is 27.7 Å². The highest BCUT2D eigenvalue weighted by molar-refractivity contribution is 5.78. The highest BCUT2D eigenvalue weighted by Crippen LogP contribution is 2.45. The summed E-state index contributed by atoms with van der Waals surface area (Å²) in [5.41, 5.74) is 0.439. The first kappa shape index (κ1) is 16.9. The predicted octanol–water partition coefficient (Wildman–Crippen LogP) is 4.87. The molecule has 1 heterocycles. The fourth-order valence-corrected chi connectivity index (χ4v) is 3.07. The van der Waals surface area contributed by atoms with Crippen LogP contribution in [0, 0.1) is 5.41 Å². The average Bonchev–Trinajstić information content (AvgIpc) is 2.37. The molecule has 0 radical (unpaired) electrons. The SMILES string of the molecule is CCC(C)(C)C(=O)Oc1ccc2c(c1)C(C)(C)CC(C)(C)O2. The lowest BCUT2D eigenvalue weighted by molar-refractivity contribution is -0.144. The van der Waals surface area contributed by atoms with E-state index in [0.29, 0.717) is 5.75 Å². The molecule has 0 unspecified atom stereocenters. The Bertz CT molecular complexity index is 582. The average molecular weight is 304 g/mol. The molecule has 1 aliphatic rings. The summed E-state index contributed by atoms with van der Waals surface area (Å²) in [6, 6.07) is 5.69. The largest absolute Gasteiger partial charge is 0.488 e. The Hall–Kier alpha value is -1.51. The zero-order chi connectivity index (χ0) is 16.8. The Morgan fingerprint density at radius 1 is 1.27 bits per heavy atom. The lowest BCUT2D eigenvalue weighted by Gasteiger charge is -2.42. The number of fused-ring (bicyclic) bond motifs is 1. The van der Waals surface area contributed by atoms with Gasteiger partial charge in [0.1, 0.15) is 17.1 Å². The van der Waals surface area contributed by atoms with Crippen molar-refractivity contribution in [2.45, 2.75) is 72.3 Å². The molecule has 22 heavy (non-hydrogen) atoms. The second-order valence-electron chi connectivity index (χ2n) is 8.21. The maximum atomic E-state index is 12.2. The van der Waals surface area contributed by atoms with Crippen LogP contribution in [-0.2, 0) is 10.2 Å². The molecule has 1 aliphatic heterocycles. The van der Waals surface area contributed by atoms with Gasteiger partial charge in [-0.2, -0.15) is 0 Å². The molecule has 0 aromatic heterocycles. The molecule has 0 saturated carbocycles. The van der Waals surface area contributed by atoms with Crippen molar-refractivity contribution in [3.8, 4) is 11.5 Å². The molecule has 0 bridgehead atoms. The molecule has 0 fully saturated rings. The maximum Gasteiger partial charge on any atom is 0.316 e. The fourth-order valence-electron chi connectivity index (χ4n) is 3.07. The van der Waals surface area contributed by atoms with Gasteiger partial charge in [-0.25, -0.2) is 0 Å². The summed E-state index contributed by atoms with van der Waals surface area (Å²) in [4.78, 5) is 12.2. The first-order valence-corrected chi connectivity index (χ1v) is 8.03. The molecule has 122 valence electrons. The van der Waals surface area contributed by atoms with Crippen LogP contribution < -0.4 is 9.47 Å². The third-order valence-corrected chi connectivity index (χ3v) is 4.58. The van der Waals surface area contributed by atoms with Crippen molar-refractivity contribution in [1.82, 2.24) is 0 Å². The molecule has 0 amide bonds. The summed E-state index contributed by atoms with van der Waals surface area (Å²) in [7, 11) is 0. The molecule has 1 aromatic carbocycles. The van der Waals surface area contributed by atoms with Crippen molar-refractivity contribution in [2.75, 3.05) is 0 Å². The second kappa shape index (κ2) is 5.29. The zero-order valence-electron chi connectivity index (χ0n) is 14.9. The Morgan fingerprint density at radius 3 is 2.50 bits per heavy atom. The van der Waals surface area contributed by atoms with Gasteiger partial charge in [0.05, 0.1) is 5.41 Å². The third-order valence-electron chi connectivity index (χ3n) is 4.58. The van der Waals surface area contributed by atoms with E-state index in [9.17, 15) is 4.79 Å². The summed E-state index contributed by atoms with van der Waals surface area (Å²) in [5, 5.41) is 0. The highest BCUT2D eigenvalue weighted by Gasteiger charge is 2.39. The van der Waals surface area contributed by atoms with Crippen molar-refractivity contribution in [2.24, 2.45) is 5.41 Å². The van der Waals surface area contributed by atoms with Crippen molar-refractivity contribution < 1.29 is 14.3 Å². The van der Waals surface area contributed by atoms with Crippen LogP contribution in [0.4, 0.5) is 0 Å². The highest BCUT2D eigenvalue weighted by atomic mass is 16.5. The normalized spacial score (nSPS) is 19.0. The zero-order valence-corrected chi connectivity index (χ0v) is 14.9. The van der Waals surface area contributed by atoms with E-state index in [-0.39, 0.29) is 17.0 Å². The van der Waals surface area contributed by atoms with Crippen LogP contribution in [0.5, 0.6) is 11.5 Å². The van der Waals surface area contributed by atoms with E-state index in [1.807, 2.05) is 39.0 Å². The smallest absolute Gasteiger partial charge is 0.316 e. The fraction of sp³-hybridized carbons (Fsp3) is 0.632. The van der Waals surface area contributed by atoms with Crippen molar-refractivity contribution in [3.63, 3.8) is 0 Å². The quantitative estimate of drug-likeness (QED) is 0.590. The molecular formula is C19H28O3. The first-order valence-electron chi connectivity index (χ1n) is 8.03. The van der Waals surface area contributed by atoms with E-state index < -0.39 is 5.41 Å². The van der Waals surface area contributed by atoms with E-state index >= 15 is 0 Å². The van der Waals surface area contributed by atoms with Crippen LogP contribution in [0.25, 0.3) is 0 Å². The Kier molecular flexibility index (Phi) is 4.05. The predicted molar refractivity (Wildman–Crippen MR) is 88.5 cm³/mol. The second-order valence-corrected chi connectivity index (χ2v) is 8.21. The first-order chi connectivity index (χ1) is 9.97. The van der Waals surface area contributed by atoms with Gasteiger partial charge < -0.3 is 9.47 Å². The standard InChI is InChI=1S/C19H28O3/c1-8-17(2,3)16(20)21-13-9-10-15-14(11-13)18(4,5)12-19(6,7)22-15/h9-11H,8,12H2,1-7H3. The molecule has 0 N–H and O–H groups in total. The number of rotatable bonds is 3. The van der Waals surface area contributed by atoms with Crippen LogP contribution in [0.1, 0.15) is 66.9 Å². The van der Waals surface area contributed by atoms with Gasteiger partial charge in [0.15, 0.2) is 0 Å². The molecule has 0 aliphatic carbocycles. The minimum atomic E-state index is -0.468. The van der Waals surface area contributed by atoms with Gasteiger partial charge in [-0.3, -0.25) is 4.79 Å². The number of hydrogen-bond donors (Lipinski definition) is 0. The van der Waals surface area contributed by atoms with E-state index in [1.165, 1.54) is 0 Å². The lowest BCUT2D eigenvalue weighted by atomic mass is 9.74. The molecule has 3 nitrogen and oxygen atoms in total. The summed E-state index contributed by atoms with van der Waals surface area (Å²) in [6.07, 6.45) is 1.67. The summed E-state index contributed by atoms with van der Waals surface area (Å²) in [5.74, 6) is 1.29. The van der Waals surface area contributed by atoms with Gasteiger partial charge >= 0.3 is 5.97 Å². The van der Waals surface area contributed by atoms with E-state index in [0.717, 1.165) is 24.2 Å². The number of carbonyl (C=O) groups excluding carboxylic acids is 1. The van der Waals surface area contributed by atoms with Crippen molar-refractivity contribution in [1.29, 1.82) is 0 Å².